The zero-order valence-electron chi connectivity index (χ0n) is 10.1. The maximum Gasteiger partial charge on any atom is 0.269 e. The number of nitro groups is 1. The molecular formula is C13H8N4O3. The van der Waals surface area contributed by atoms with Crippen LogP contribution in [0, 0.1) is 21.4 Å². The van der Waals surface area contributed by atoms with E-state index in [1.165, 1.54) is 42.6 Å². The number of carbonyl (C=O) groups is 1. The van der Waals surface area contributed by atoms with Crippen LogP contribution < -0.4 is 5.32 Å². The fraction of sp³-hybridized carbons (Fsp3) is 0. The summed E-state index contributed by atoms with van der Waals surface area (Å²) in [6.07, 6.45) is 1.34. The molecule has 2 rings (SSSR count). The molecule has 0 saturated heterocycles. The minimum Gasteiger partial charge on any atom is -0.307 e. The van der Waals surface area contributed by atoms with Gasteiger partial charge in [-0.1, -0.05) is 0 Å². The second kappa shape index (κ2) is 5.58. The van der Waals surface area contributed by atoms with E-state index in [2.05, 4.69) is 10.3 Å². The van der Waals surface area contributed by atoms with Crippen LogP contribution in [0.25, 0.3) is 0 Å². The molecule has 0 unspecified atom stereocenters. The van der Waals surface area contributed by atoms with Crippen LogP contribution in [0.1, 0.15) is 15.9 Å². The Morgan fingerprint density at radius 2 is 1.95 bits per heavy atom. The number of hydrogen-bond acceptors (Lipinski definition) is 5. The van der Waals surface area contributed by atoms with Gasteiger partial charge in [0, 0.05) is 23.9 Å². The number of nitriles is 1. The van der Waals surface area contributed by atoms with Gasteiger partial charge in [0.15, 0.2) is 0 Å². The lowest BCUT2D eigenvalue weighted by Crippen LogP contribution is -2.12. The summed E-state index contributed by atoms with van der Waals surface area (Å²) in [5.41, 5.74) is 0.582. The number of carbonyl (C=O) groups excluding carboxylic acids is 1. The van der Waals surface area contributed by atoms with Gasteiger partial charge in [-0.25, -0.2) is 4.98 Å². The largest absolute Gasteiger partial charge is 0.307 e. The standard InChI is InChI=1S/C13H8N4O3/c14-7-9-1-6-12(15-8-9)16-13(18)10-2-4-11(5-3-10)17(19)20/h1-6,8H,(H,15,16,18). The van der Waals surface area contributed by atoms with Gasteiger partial charge < -0.3 is 5.32 Å². The first-order chi connectivity index (χ1) is 9.60. The Labute approximate surface area is 113 Å². The molecule has 0 aliphatic carbocycles. The molecule has 1 N–H and O–H groups in total. The zero-order valence-corrected chi connectivity index (χ0v) is 10.1. The van der Waals surface area contributed by atoms with Crippen molar-refractivity contribution in [1.29, 1.82) is 5.26 Å². The lowest BCUT2D eigenvalue weighted by atomic mass is 10.2. The molecule has 0 bridgehead atoms. The highest BCUT2D eigenvalue weighted by Crippen LogP contribution is 2.13. The smallest absolute Gasteiger partial charge is 0.269 e. The van der Waals surface area contributed by atoms with Gasteiger partial charge in [-0.05, 0) is 24.3 Å². The fourth-order valence-electron chi connectivity index (χ4n) is 1.46. The third-order valence-corrected chi connectivity index (χ3v) is 2.47. The Morgan fingerprint density at radius 1 is 1.25 bits per heavy atom. The third kappa shape index (κ3) is 2.94. The number of nitro benzene ring substituents is 1. The van der Waals surface area contributed by atoms with Gasteiger partial charge in [0.1, 0.15) is 11.9 Å². The van der Waals surface area contributed by atoms with Crippen molar-refractivity contribution in [2.24, 2.45) is 0 Å². The molecule has 1 amide bonds. The molecule has 0 fully saturated rings. The van der Waals surface area contributed by atoms with Crippen LogP contribution >= 0.6 is 0 Å². The average Bonchev–Trinajstić information content (AvgIpc) is 2.48. The van der Waals surface area contributed by atoms with Crippen LogP contribution in [0.2, 0.25) is 0 Å². The van der Waals surface area contributed by atoms with Crippen LogP contribution in [0.4, 0.5) is 11.5 Å². The quantitative estimate of drug-likeness (QED) is 0.677. The van der Waals surface area contributed by atoms with E-state index in [1.807, 2.05) is 6.07 Å². The van der Waals surface area contributed by atoms with Gasteiger partial charge in [0.25, 0.3) is 11.6 Å². The van der Waals surface area contributed by atoms with Gasteiger partial charge in [-0.2, -0.15) is 5.26 Å². The topological polar surface area (TPSA) is 109 Å². The molecule has 7 heteroatoms. The number of hydrogen-bond donors (Lipinski definition) is 1. The second-order valence-corrected chi connectivity index (χ2v) is 3.80. The van der Waals surface area contributed by atoms with E-state index in [0.29, 0.717) is 11.4 Å². The summed E-state index contributed by atoms with van der Waals surface area (Å²) in [7, 11) is 0. The lowest BCUT2D eigenvalue weighted by molar-refractivity contribution is -0.384. The number of amides is 1. The molecule has 0 spiro atoms. The SMILES string of the molecule is N#Cc1ccc(NC(=O)c2ccc([N+](=O)[O-])cc2)nc1. The van der Waals surface area contributed by atoms with Crippen LogP contribution in [0.5, 0.6) is 0 Å². The van der Waals surface area contributed by atoms with Crippen molar-refractivity contribution in [1.82, 2.24) is 4.98 Å². The van der Waals surface area contributed by atoms with E-state index >= 15 is 0 Å². The summed E-state index contributed by atoms with van der Waals surface area (Å²) in [4.78, 5) is 25.7. The molecule has 0 aliphatic rings. The Morgan fingerprint density at radius 3 is 2.45 bits per heavy atom. The number of nitrogens with one attached hydrogen (secondary N) is 1. The predicted molar refractivity (Wildman–Crippen MR) is 70.0 cm³/mol. The monoisotopic (exact) mass is 268 g/mol. The van der Waals surface area contributed by atoms with Crippen molar-refractivity contribution in [3.63, 3.8) is 0 Å². The van der Waals surface area contributed by atoms with E-state index in [1.54, 1.807) is 0 Å². The average molecular weight is 268 g/mol. The Balaban J connectivity index is 2.11. The fourth-order valence-corrected chi connectivity index (χ4v) is 1.46. The predicted octanol–water partition coefficient (Wildman–Crippen LogP) is 2.11. The van der Waals surface area contributed by atoms with Crippen molar-refractivity contribution >= 4 is 17.4 Å². The molecule has 1 aromatic heterocycles. The number of non-ortho nitro benzene ring substituents is 1. The number of aromatic nitrogens is 1. The summed E-state index contributed by atoms with van der Waals surface area (Å²) in [6.45, 7) is 0. The summed E-state index contributed by atoms with van der Waals surface area (Å²) < 4.78 is 0. The van der Waals surface area contributed by atoms with Crippen molar-refractivity contribution in [3.8, 4) is 6.07 Å². The summed E-state index contributed by atoms with van der Waals surface area (Å²) in [5, 5.41) is 21.7. The Kier molecular flexibility index (Phi) is 3.67. The number of nitrogens with zero attached hydrogens (tertiary/aromatic N) is 3. The third-order valence-electron chi connectivity index (χ3n) is 2.47. The maximum absolute atomic E-state index is 11.9. The van der Waals surface area contributed by atoms with E-state index in [9.17, 15) is 14.9 Å². The van der Waals surface area contributed by atoms with E-state index in [0.717, 1.165) is 0 Å². The first-order valence-corrected chi connectivity index (χ1v) is 5.52. The molecule has 0 aliphatic heterocycles. The molecule has 0 radical (unpaired) electrons. The first kappa shape index (κ1) is 13.2. The first-order valence-electron chi connectivity index (χ1n) is 5.52. The number of pyridine rings is 1. The van der Waals surface area contributed by atoms with Crippen molar-refractivity contribution < 1.29 is 9.72 Å². The molecule has 1 aromatic carbocycles. The maximum atomic E-state index is 11.9. The molecule has 0 saturated carbocycles. The number of benzene rings is 1. The van der Waals surface area contributed by atoms with Gasteiger partial charge in [0.05, 0.1) is 10.5 Å². The van der Waals surface area contributed by atoms with E-state index in [-0.39, 0.29) is 11.3 Å². The van der Waals surface area contributed by atoms with Gasteiger partial charge in [-0.15, -0.1) is 0 Å². The van der Waals surface area contributed by atoms with Gasteiger partial charge in [0.2, 0.25) is 0 Å². The summed E-state index contributed by atoms with van der Waals surface area (Å²) in [5.74, 6) is -0.135. The molecule has 0 atom stereocenters. The summed E-state index contributed by atoms with van der Waals surface area (Å²) >= 11 is 0. The van der Waals surface area contributed by atoms with Crippen LogP contribution in [-0.4, -0.2) is 15.8 Å². The minimum atomic E-state index is -0.538. The molecule has 98 valence electrons. The van der Waals surface area contributed by atoms with Crippen molar-refractivity contribution in [2.45, 2.75) is 0 Å². The zero-order chi connectivity index (χ0) is 14.5. The molecule has 1 heterocycles. The second-order valence-electron chi connectivity index (χ2n) is 3.80. The Bertz CT molecular complexity index is 687. The highest BCUT2D eigenvalue weighted by Gasteiger charge is 2.10. The molecular weight excluding hydrogens is 260 g/mol. The van der Waals surface area contributed by atoms with Crippen molar-refractivity contribution in [3.05, 3.63) is 63.8 Å². The highest BCUT2D eigenvalue weighted by atomic mass is 16.6. The Hall–Kier alpha value is -3.27. The molecule has 2 aromatic rings. The lowest BCUT2D eigenvalue weighted by Gasteiger charge is -2.04. The van der Waals surface area contributed by atoms with E-state index < -0.39 is 10.8 Å². The highest BCUT2D eigenvalue weighted by molar-refractivity contribution is 6.03. The number of rotatable bonds is 3. The van der Waals surface area contributed by atoms with Crippen molar-refractivity contribution in [2.75, 3.05) is 5.32 Å². The normalized spacial score (nSPS) is 9.55. The van der Waals surface area contributed by atoms with Gasteiger partial charge >= 0.3 is 0 Å². The minimum absolute atomic E-state index is 0.0851. The van der Waals surface area contributed by atoms with Crippen LogP contribution in [0.3, 0.4) is 0 Å². The van der Waals surface area contributed by atoms with Gasteiger partial charge in [-0.3, -0.25) is 14.9 Å². The van der Waals surface area contributed by atoms with E-state index in [4.69, 9.17) is 5.26 Å². The van der Waals surface area contributed by atoms with Crippen LogP contribution in [-0.2, 0) is 0 Å². The molecule has 20 heavy (non-hydrogen) atoms. The van der Waals surface area contributed by atoms with Crippen LogP contribution in [0.15, 0.2) is 42.6 Å². The summed E-state index contributed by atoms with van der Waals surface area (Å²) in [6, 6.07) is 10.2. The molecule has 7 nitrogen and oxygen atoms in total. The number of anilines is 1.